The quantitative estimate of drug-likeness (QED) is 0.879. The van der Waals surface area contributed by atoms with Crippen LogP contribution in [0.1, 0.15) is 38.9 Å². The van der Waals surface area contributed by atoms with Gasteiger partial charge < -0.3 is 14.9 Å². The van der Waals surface area contributed by atoms with E-state index in [4.69, 9.17) is 4.74 Å². The predicted molar refractivity (Wildman–Crippen MR) is 71.2 cm³/mol. The van der Waals surface area contributed by atoms with E-state index in [0.29, 0.717) is 12.2 Å². The minimum absolute atomic E-state index is 0.208. The molecule has 0 aliphatic carbocycles. The Morgan fingerprint density at radius 3 is 2.65 bits per heavy atom. The molecule has 0 aromatic heterocycles. The second kappa shape index (κ2) is 5.85. The van der Waals surface area contributed by atoms with E-state index < -0.39 is 11.7 Å². The average molecular weight is 303 g/mol. The number of halogens is 1. The van der Waals surface area contributed by atoms with Crippen molar-refractivity contribution in [3.63, 3.8) is 0 Å². The van der Waals surface area contributed by atoms with Gasteiger partial charge in [-0.25, -0.2) is 0 Å². The minimum Gasteiger partial charge on any atom is -0.490 e. The van der Waals surface area contributed by atoms with Crippen molar-refractivity contribution in [2.24, 2.45) is 0 Å². The maximum Gasteiger partial charge on any atom is 0.126 e. The van der Waals surface area contributed by atoms with Crippen molar-refractivity contribution in [1.82, 2.24) is 0 Å². The lowest BCUT2D eigenvalue weighted by Crippen LogP contribution is -2.31. The van der Waals surface area contributed by atoms with E-state index >= 15 is 0 Å². The third-order valence-electron chi connectivity index (χ3n) is 2.73. The van der Waals surface area contributed by atoms with Crippen LogP contribution in [0.3, 0.4) is 0 Å². The number of hydrogen-bond donors (Lipinski definition) is 2. The summed E-state index contributed by atoms with van der Waals surface area (Å²) in [6, 6.07) is 5.46. The summed E-state index contributed by atoms with van der Waals surface area (Å²) in [7, 11) is 0. The lowest BCUT2D eigenvalue weighted by Gasteiger charge is -2.23. The molecule has 17 heavy (non-hydrogen) atoms. The smallest absolute Gasteiger partial charge is 0.126 e. The Kier molecular flexibility index (Phi) is 4.98. The SMILES string of the molecule is CCC(C)(O)COc1cc(Br)ccc1[C@@H](C)O. The van der Waals surface area contributed by atoms with Crippen LogP contribution in [0.25, 0.3) is 0 Å². The monoisotopic (exact) mass is 302 g/mol. The van der Waals surface area contributed by atoms with Crippen LogP contribution in [0.4, 0.5) is 0 Å². The number of aliphatic hydroxyl groups is 2. The maximum absolute atomic E-state index is 9.88. The summed E-state index contributed by atoms with van der Waals surface area (Å²) in [6.07, 6.45) is 0.0232. The molecule has 1 unspecified atom stereocenters. The number of benzene rings is 1. The van der Waals surface area contributed by atoms with E-state index in [2.05, 4.69) is 15.9 Å². The molecule has 0 amide bonds. The second-order valence-electron chi connectivity index (χ2n) is 4.50. The summed E-state index contributed by atoms with van der Waals surface area (Å²) in [5.41, 5.74) is -0.127. The average Bonchev–Trinajstić information content (AvgIpc) is 2.26. The summed E-state index contributed by atoms with van der Waals surface area (Å²) in [6.45, 7) is 5.53. The highest BCUT2D eigenvalue weighted by Gasteiger charge is 2.20. The third-order valence-corrected chi connectivity index (χ3v) is 3.22. The van der Waals surface area contributed by atoms with Crippen LogP contribution in [-0.4, -0.2) is 22.4 Å². The molecule has 4 heteroatoms. The van der Waals surface area contributed by atoms with Gasteiger partial charge in [-0.2, -0.15) is 0 Å². The lowest BCUT2D eigenvalue weighted by molar-refractivity contribution is 0.00744. The fourth-order valence-electron chi connectivity index (χ4n) is 1.31. The molecule has 0 radical (unpaired) electrons. The van der Waals surface area contributed by atoms with Crippen LogP contribution in [0.5, 0.6) is 5.75 Å². The van der Waals surface area contributed by atoms with E-state index in [1.807, 2.05) is 19.1 Å². The van der Waals surface area contributed by atoms with E-state index in [1.165, 1.54) is 0 Å². The zero-order chi connectivity index (χ0) is 13.1. The first-order valence-electron chi connectivity index (χ1n) is 5.68. The van der Waals surface area contributed by atoms with E-state index in [1.54, 1.807) is 19.9 Å². The molecule has 0 saturated carbocycles. The third kappa shape index (κ3) is 4.30. The van der Waals surface area contributed by atoms with Gasteiger partial charge in [0.2, 0.25) is 0 Å². The van der Waals surface area contributed by atoms with E-state index in [0.717, 1.165) is 10.0 Å². The largest absolute Gasteiger partial charge is 0.490 e. The Morgan fingerprint density at radius 1 is 1.47 bits per heavy atom. The Morgan fingerprint density at radius 2 is 2.12 bits per heavy atom. The molecule has 1 aromatic rings. The Bertz CT molecular complexity index is 375. The summed E-state index contributed by atoms with van der Waals surface area (Å²) >= 11 is 3.36. The molecule has 2 atom stereocenters. The first kappa shape index (κ1) is 14.5. The molecule has 0 saturated heterocycles. The fourth-order valence-corrected chi connectivity index (χ4v) is 1.65. The van der Waals surface area contributed by atoms with Gasteiger partial charge in [0.15, 0.2) is 0 Å². The standard InChI is InChI=1S/C13H19BrO3/c1-4-13(3,16)8-17-12-7-10(14)5-6-11(12)9(2)15/h5-7,9,15-16H,4,8H2,1-3H3/t9-,13?/m1/s1. The van der Waals surface area contributed by atoms with Crippen LogP contribution in [0.15, 0.2) is 22.7 Å². The van der Waals surface area contributed by atoms with Gasteiger partial charge >= 0.3 is 0 Å². The molecule has 0 heterocycles. The van der Waals surface area contributed by atoms with Gasteiger partial charge in [-0.1, -0.05) is 28.9 Å². The van der Waals surface area contributed by atoms with Crippen molar-refractivity contribution in [3.8, 4) is 5.75 Å². The normalized spacial score (nSPS) is 16.4. The van der Waals surface area contributed by atoms with Crippen molar-refractivity contribution in [1.29, 1.82) is 0 Å². The Hall–Kier alpha value is -0.580. The van der Waals surface area contributed by atoms with Crippen molar-refractivity contribution in [2.75, 3.05) is 6.61 Å². The van der Waals surface area contributed by atoms with Crippen molar-refractivity contribution in [3.05, 3.63) is 28.2 Å². The topological polar surface area (TPSA) is 49.7 Å². The lowest BCUT2D eigenvalue weighted by atomic mass is 10.1. The molecule has 2 N–H and O–H groups in total. The van der Waals surface area contributed by atoms with E-state index in [9.17, 15) is 10.2 Å². The molecule has 0 spiro atoms. The number of aliphatic hydroxyl groups excluding tert-OH is 1. The van der Waals surface area contributed by atoms with Gasteiger partial charge in [-0.15, -0.1) is 0 Å². The van der Waals surface area contributed by atoms with Gasteiger partial charge in [0.25, 0.3) is 0 Å². The van der Waals surface area contributed by atoms with Gasteiger partial charge in [0, 0.05) is 10.0 Å². The van der Waals surface area contributed by atoms with Gasteiger partial charge in [-0.3, -0.25) is 0 Å². The number of ether oxygens (including phenoxy) is 1. The fraction of sp³-hybridized carbons (Fsp3) is 0.538. The van der Waals surface area contributed by atoms with Crippen molar-refractivity contribution >= 4 is 15.9 Å². The number of hydrogen-bond acceptors (Lipinski definition) is 3. The summed E-state index contributed by atoms with van der Waals surface area (Å²) < 4.78 is 6.48. The molecule has 3 nitrogen and oxygen atoms in total. The van der Waals surface area contributed by atoms with Gasteiger partial charge in [0.05, 0.1) is 11.7 Å². The molecule has 0 aliphatic rings. The zero-order valence-electron chi connectivity index (χ0n) is 10.4. The van der Waals surface area contributed by atoms with Crippen molar-refractivity contribution < 1.29 is 14.9 Å². The Labute approximate surface area is 111 Å². The molecular weight excluding hydrogens is 284 g/mol. The van der Waals surface area contributed by atoms with Gasteiger partial charge in [0.1, 0.15) is 12.4 Å². The molecule has 1 rings (SSSR count). The van der Waals surface area contributed by atoms with Crippen LogP contribution >= 0.6 is 15.9 Å². The summed E-state index contributed by atoms with van der Waals surface area (Å²) in [5.74, 6) is 0.600. The van der Waals surface area contributed by atoms with E-state index in [-0.39, 0.29) is 6.61 Å². The number of rotatable bonds is 5. The Balaban J connectivity index is 2.85. The van der Waals surface area contributed by atoms with Crippen LogP contribution in [0, 0.1) is 0 Å². The predicted octanol–water partition coefficient (Wildman–Crippen LogP) is 3.04. The zero-order valence-corrected chi connectivity index (χ0v) is 12.0. The summed E-state index contributed by atoms with van der Waals surface area (Å²) in [4.78, 5) is 0. The molecular formula is C13H19BrO3. The second-order valence-corrected chi connectivity index (χ2v) is 5.41. The van der Waals surface area contributed by atoms with Crippen molar-refractivity contribution in [2.45, 2.75) is 38.9 Å². The molecule has 96 valence electrons. The highest BCUT2D eigenvalue weighted by molar-refractivity contribution is 9.10. The molecule has 0 fully saturated rings. The van der Waals surface area contributed by atoms with Crippen LogP contribution in [0.2, 0.25) is 0 Å². The first-order valence-corrected chi connectivity index (χ1v) is 6.47. The molecule has 1 aromatic carbocycles. The first-order chi connectivity index (χ1) is 7.85. The highest BCUT2D eigenvalue weighted by Crippen LogP contribution is 2.29. The maximum atomic E-state index is 9.88. The van der Waals surface area contributed by atoms with Crippen LogP contribution in [-0.2, 0) is 0 Å². The summed E-state index contributed by atoms with van der Waals surface area (Å²) in [5, 5.41) is 19.5. The minimum atomic E-state index is -0.849. The molecule has 0 bridgehead atoms. The van der Waals surface area contributed by atoms with Crippen LogP contribution < -0.4 is 4.74 Å². The highest BCUT2D eigenvalue weighted by atomic mass is 79.9. The molecule has 0 aliphatic heterocycles. The van der Waals surface area contributed by atoms with Gasteiger partial charge in [-0.05, 0) is 32.4 Å².